The number of aromatic nitrogens is 3. The molecule has 1 fully saturated rings. The van der Waals surface area contributed by atoms with Crippen molar-refractivity contribution in [3.8, 4) is 11.1 Å². The van der Waals surface area contributed by atoms with Crippen molar-refractivity contribution in [1.82, 2.24) is 15.2 Å². The number of nitrogens with zero attached hydrogens (tertiary/aromatic N) is 2. The molecule has 30 heavy (non-hydrogen) atoms. The van der Waals surface area contributed by atoms with E-state index in [1.807, 2.05) is 54.6 Å². The first-order chi connectivity index (χ1) is 14.8. The van der Waals surface area contributed by atoms with Crippen molar-refractivity contribution >= 4 is 39.1 Å². The van der Waals surface area contributed by atoms with Gasteiger partial charge in [0.2, 0.25) is 5.13 Å². The van der Waals surface area contributed by atoms with Crippen LogP contribution in [0.5, 0.6) is 0 Å². The average Bonchev–Trinajstić information content (AvgIpc) is 3.45. The van der Waals surface area contributed by atoms with Gasteiger partial charge in [-0.1, -0.05) is 71.6 Å². The summed E-state index contributed by atoms with van der Waals surface area (Å²) in [7, 11) is 0. The fraction of sp³-hybridized carbons (Fsp3) is 0.227. The molecule has 2 aromatic carbocycles. The molecule has 5 rings (SSSR count). The van der Waals surface area contributed by atoms with E-state index in [-0.39, 0.29) is 11.7 Å². The molecule has 6 nitrogen and oxygen atoms in total. The van der Waals surface area contributed by atoms with E-state index in [2.05, 4.69) is 20.5 Å². The summed E-state index contributed by atoms with van der Waals surface area (Å²) in [6.45, 7) is 1.56. The monoisotopic (exact) mass is 436 g/mol. The smallest absolute Gasteiger partial charge is 0.263 e. The van der Waals surface area contributed by atoms with Crippen LogP contribution in [0.4, 0.5) is 5.13 Å². The lowest BCUT2D eigenvalue weighted by molar-refractivity contribution is 0.120. The largest absolute Gasteiger partial charge is 0.376 e. The molecule has 2 N–H and O–H groups in total. The van der Waals surface area contributed by atoms with Crippen molar-refractivity contribution in [3.05, 3.63) is 65.0 Å². The Kier molecular flexibility index (Phi) is 5.52. The molecule has 1 unspecified atom stereocenters. The molecule has 0 saturated carbocycles. The number of benzene rings is 2. The highest BCUT2D eigenvalue weighted by atomic mass is 32.2. The minimum absolute atomic E-state index is 0.124. The molecule has 2 aromatic heterocycles. The van der Waals surface area contributed by atoms with E-state index in [0.717, 1.165) is 57.5 Å². The molecule has 8 heteroatoms. The first-order valence-electron chi connectivity index (χ1n) is 9.85. The number of anilines is 1. The van der Waals surface area contributed by atoms with Crippen LogP contribution >= 0.6 is 23.1 Å². The fourth-order valence-electron chi connectivity index (χ4n) is 3.63. The molecule has 0 spiro atoms. The zero-order valence-electron chi connectivity index (χ0n) is 16.1. The normalized spacial score (nSPS) is 16.2. The van der Waals surface area contributed by atoms with E-state index in [4.69, 9.17) is 4.74 Å². The molecular weight excluding hydrogens is 416 g/mol. The van der Waals surface area contributed by atoms with Crippen molar-refractivity contribution in [2.24, 2.45) is 0 Å². The Morgan fingerprint density at radius 3 is 2.80 bits per heavy atom. The molecule has 152 valence electrons. The Bertz CT molecular complexity index is 1220. The molecule has 0 bridgehead atoms. The molecule has 1 saturated heterocycles. The second-order valence-electron chi connectivity index (χ2n) is 7.06. The summed E-state index contributed by atoms with van der Waals surface area (Å²) < 4.78 is 6.37. The number of nitrogens with one attached hydrogen (secondary N) is 2. The average molecular weight is 437 g/mol. The van der Waals surface area contributed by atoms with Crippen LogP contribution in [0.2, 0.25) is 0 Å². The summed E-state index contributed by atoms with van der Waals surface area (Å²) in [4.78, 5) is 16.6. The second-order valence-corrected chi connectivity index (χ2v) is 9.30. The van der Waals surface area contributed by atoms with E-state index in [1.54, 1.807) is 0 Å². The van der Waals surface area contributed by atoms with Crippen molar-refractivity contribution < 1.29 is 4.74 Å². The Morgan fingerprint density at radius 2 is 1.97 bits per heavy atom. The minimum Gasteiger partial charge on any atom is -0.376 e. The zero-order valence-corrected chi connectivity index (χ0v) is 17.8. The van der Waals surface area contributed by atoms with Gasteiger partial charge in [0, 0.05) is 29.6 Å². The SMILES string of the molecule is O=c1[nH]c2ccccc2c(-c2ccccc2)c1Sc1nnc(NCC2CCCO2)s1. The maximum Gasteiger partial charge on any atom is 0.263 e. The van der Waals surface area contributed by atoms with Gasteiger partial charge in [-0.25, -0.2) is 0 Å². The molecule has 0 aliphatic carbocycles. The third-order valence-corrected chi connectivity index (χ3v) is 7.07. The van der Waals surface area contributed by atoms with Gasteiger partial charge in [-0.3, -0.25) is 4.79 Å². The summed E-state index contributed by atoms with van der Waals surface area (Å²) in [5.74, 6) is 0. The number of fused-ring (bicyclic) bond motifs is 1. The van der Waals surface area contributed by atoms with Gasteiger partial charge in [-0.15, -0.1) is 10.2 Å². The highest BCUT2D eigenvalue weighted by Gasteiger charge is 2.19. The van der Waals surface area contributed by atoms with Gasteiger partial charge in [0.25, 0.3) is 5.56 Å². The molecule has 3 heterocycles. The van der Waals surface area contributed by atoms with Crippen LogP contribution in [0.1, 0.15) is 12.8 Å². The van der Waals surface area contributed by atoms with Crippen molar-refractivity contribution in [3.63, 3.8) is 0 Å². The summed E-state index contributed by atoms with van der Waals surface area (Å²) in [5.41, 5.74) is 2.62. The Hall–Kier alpha value is -2.68. The number of H-pyrrole nitrogens is 1. The first kappa shape index (κ1) is 19.3. The number of hydrogen-bond acceptors (Lipinski definition) is 7. The van der Waals surface area contributed by atoms with E-state index in [9.17, 15) is 4.79 Å². The first-order valence-corrected chi connectivity index (χ1v) is 11.5. The lowest BCUT2D eigenvalue weighted by atomic mass is 10.0. The van der Waals surface area contributed by atoms with Gasteiger partial charge in [0.05, 0.1) is 11.0 Å². The number of ether oxygens (including phenoxy) is 1. The van der Waals surface area contributed by atoms with Crippen molar-refractivity contribution in [1.29, 1.82) is 0 Å². The summed E-state index contributed by atoms with van der Waals surface area (Å²) >= 11 is 2.81. The van der Waals surface area contributed by atoms with Crippen molar-refractivity contribution in [2.45, 2.75) is 28.2 Å². The third-order valence-electron chi connectivity index (χ3n) is 5.04. The third kappa shape index (κ3) is 3.98. The quantitative estimate of drug-likeness (QED) is 0.452. The molecule has 1 aliphatic rings. The molecule has 1 atom stereocenters. The standard InChI is InChI=1S/C22H20N4O2S2/c27-20-19(29-22-26-25-21(30-22)23-13-15-9-6-12-28-15)18(14-7-2-1-3-8-14)16-10-4-5-11-17(16)24-20/h1-5,7-8,10-11,15H,6,9,12-13H2,(H,23,25)(H,24,27). The van der Waals surface area contributed by atoms with Crippen LogP contribution in [0.3, 0.4) is 0 Å². The number of hydrogen-bond donors (Lipinski definition) is 2. The van der Waals surface area contributed by atoms with E-state index >= 15 is 0 Å². The number of rotatable bonds is 6. The number of pyridine rings is 1. The van der Waals surface area contributed by atoms with Crippen molar-refractivity contribution in [2.75, 3.05) is 18.5 Å². The summed E-state index contributed by atoms with van der Waals surface area (Å²) in [6.07, 6.45) is 2.41. The van der Waals surface area contributed by atoms with Crippen LogP contribution in [0, 0.1) is 0 Å². The zero-order chi connectivity index (χ0) is 20.3. The van der Waals surface area contributed by atoms with Gasteiger partial charge in [-0.2, -0.15) is 0 Å². The fourth-order valence-corrected chi connectivity index (χ4v) is 5.50. The van der Waals surface area contributed by atoms with Crippen LogP contribution < -0.4 is 10.9 Å². The predicted octanol–water partition coefficient (Wildman–Crippen LogP) is 4.79. The number of aromatic amines is 1. The summed E-state index contributed by atoms with van der Waals surface area (Å²) in [6, 6.07) is 17.9. The lowest BCUT2D eigenvalue weighted by Crippen LogP contribution is -2.18. The molecule has 0 radical (unpaired) electrons. The van der Waals surface area contributed by atoms with Crippen LogP contribution in [-0.4, -0.2) is 34.4 Å². The maximum absolute atomic E-state index is 13.0. The maximum atomic E-state index is 13.0. The molecule has 1 aliphatic heterocycles. The number of para-hydroxylation sites is 1. The Labute approximate surface area is 181 Å². The van der Waals surface area contributed by atoms with Gasteiger partial charge >= 0.3 is 0 Å². The van der Waals surface area contributed by atoms with E-state index in [1.165, 1.54) is 23.1 Å². The van der Waals surface area contributed by atoms with Gasteiger partial charge < -0.3 is 15.0 Å². The van der Waals surface area contributed by atoms with Gasteiger partial charge in [0.15, 0.2) is 4.34 Å². The van der Waals surface area contributed by atoms with Crippen LogP contribution in [0.15, 0.2) is 68.6 Å². The summed E-state index contributed by atoms with van der Waals surface area (Å²) in [5, 5.41) is 13.6. The highest BCUT2D eigenvalue weighted by molar-refractivity contribution is 8.01. The van der Waals surface area contributed by atoms with Gasteiger partial charge in [-0.05, 0) is 24.5 Å². The van der Waals surface area contributed by atoms with E-state index < -0.39 is 0 Å². The van der Waals surface area contributed by atoms with E-state index in [0.29, 0.717) is 4.90 Å². The molecule has 0 amide bonds. The highest BCUT2D eigenvalue weighted by Crippen LogP contribution is 2.39. The minimum atomic E-state index is -0.124. The molecular formula is C22H20N4O2S2. The van der Waals surface area contributed by atoms with Crippen LogP contribution in [0.25, 0.3) is 22.0 Å². The topological polar surface area (TPSA) is 79.9 Å². The predicted molar refractivity (Wildman–Crippen MR) is 122 cm³/mol. The second kappa shape index (κ2) is 8.59. The molecule has 4 aromatic rings. The Balaban J connectivity index is 1.49. The van der Waals surface area contributed by atoms with Gasteiger partial charge in [0.1, 0.15) is 0 Å². The van der Waals surface area contributed by atoms with Crippen LogP contribution in [-0.2, 0) is 4.74 Å². The Morgan fingerprint density at radius 1 is 1.13 bits per heavy atom. The lowest BCUT2D eigenvalue weighted by Gasteiger charge is -2.11.